The average molecular weight is 416 g/mol. The van der Waals surface area contributed by atoms with E-state index in [2.05, 4.69) is 15.3 Å². The van der Waals surface area contributed by atoms with Crippen molar-refractivity contribution in [3.05, 3.63) is 48.0 Å². The van der Waals surface area contributed by atoms with Gasteiger partial charge in [0.05, 0.1) is 18.4 Å². The van der Waals surface area contributed by atoms with Crippen molar-refractivity contribution in [2.75, 3.05) is 51.2 Å². The van der Waals surface area contributed by atoms with Crippen LogP contribution in [0.1, 0.15) is 12.5 Å². The van der Waals surface area contributed by atoms with Gasteiger partial charge in [-0.1, -0.05) is 12.1 Å². The molecule has 2 aromatic rings. The van der Waals surface area contributed by atoms with Crippen LogP contribution in [-0.2, 0) is 18.4 Å². The number of aromatic nitrogens is 2. The Morgan fingerprint density at radius 2 is 2.07 bits per heavy atom. The van der Waals surface area contributed by atoms with Gasteiger partial charge >= 0.3 is 0 Å². The van der Waals surface area contributed by atoms with Crippen LogP contribution in [0.15, 0.2) is 41.7 Å². The van der Waals surface area contributed by atoms with Gasteiger partial charge < -0.3 is 20.0 Å². The molecule has 3 rings (SSSR count). The Labute approximate surface area is 177 Å². The third kappa shape index (κ3) is 5.79. The number of halogens is 1. The number of hydrogen-bond acceptors (Lipinski definition) is 4. The Morgan fingerprint density at radius 1 is 1.30 bits per heavy atom. The number of piperazine rings is 1. The second-order valence-electron chi connectivity index (χ2n) is 7.44. The molecule has 0 bridgehead atoms. The Kier molecular flexibility index (Phi) is 7.40. The van der Waals surface area contributed by atoms with E-state index in [0.717, 1.165) is 36.8 Å². The summed E-state index contributed by atoms with van der Waals surface area (Å²) in [5.41, 5.74) is 1.89. The Morgan fingerprint density at radius 3 is 2.70 bits per heavy atom. The van der Waals surface area contributed by atoms with Crippen LogP contribution in [0.25, 0.3) is 0 Å². The first kappa shape index (κ1) is 21.8. The molecule has 1 aliphatic heterocycles. The van der Waals surface area contributed by atoms with Gasteiger partial charge in [0.1, 0.15) is 12.4 Å². The Bertz CT molecular complexity index is 864. The number of hydrogen-bond donors (Lipinski definition) is 1. The van der Waals surface area contributed by atoms with Crippen molar-refractivity contribution in [1.82, 2.24) is 24.9 Å². The summed E-state index contributed by atoms with van der Waals surface area (Å²) in [6, 6.07) is 6.55. The van der Waals surface area contributed by atoms with Crippen LogP contribution in [0.3, 0.4) is 0 Å². The first-order valence-corrected chi connectivity index (χ1v) is 10.2. The SMILES string of the molecule is CCNC(=NCCN(C)Cc1ccc(F)cc1)N1CCN(c2cnn(C)c2)C(=O)C1. The van der Waals surface area contributed by atoms with Crippen molar-refractivity contribution < 1.29 is 9.18 Å². The quantitative estimate of drug-likeness (QED) is 0.546. The van der Waals surface area contributed by atoms with Crippen LogP contribution in [0.5, 0.6) is 0 Å². The zero-order valence-corrected chi connectivity index (χ0v) is 17.9. The van der Waals surface area contributed by atoms with E-state index in [-0.39, 0.29) is 18.3 Å². The number of guanidine groups is 1. The Hall–Kier alpha value is -2.94. The summed E-state index contributed by atoms with van der Waals surface area (Å²) >= 11 is 0. The molecule has 2 heterocycles. The molecule has 1 fully saturated rings. The van der Waals surface area contributed by atoms with Crippen molar-refractivity contribution in [1.29, 1.82) is 0 Å². The van der Waals surface area contributed by atoms with Crippen molar-refractivity contribution in [2.24, 2.45) is 12.0 Å². The molecule has 1 N–H and O–H groups in total. The molecular formula is C21H30FN7O. The predicted octanol–water partition coefficient (Wildman–Crippen LogP) is 1.31. The molecule has 0 atom stereocenters. The lowest BCUT2D eigenvalue weighted by Gasteiger charge is -2.35. The number of amides is 1. The summed E-state index contributed by atoms with van der Waals surface area (Å²) in [4.78, 5) is 23.3. The van der Waals surface area contributed by atoms with Crippen LogP contribution in [0, 0.1) is 5.82 Å². The van der Waals surface area contributed by atoms with Gasteiger partial charge in [-0.25, -0.2) is 4.39 Å². The maximum Gasteiger partial charge on any atom is 0.246 e. The fraction of sp³-hybridized carbons (Fsp3) is 0.476. The standard InChI is InChI=1S/C21H30FN7O/c1-4-23-21(24-9-10-26(2)14-17-5-7-18(22)8-6-17)28-11-12-29(20(30)16-28)19-13-25-27(3)15-19/h5-8,13,15H,4,9-12,14,16H2,1-3H3,(H,23,24). The maximum atomic E-state index is 13.0. The molecule has 30 heavy (non-hydrogen) atoms. The molecule has 9 heteroatoms. The normalized spacial score (nSPS) is 15.2. The fourth-order valence-electron chi connectivity index (χ4n) is 3.41. The molecule has 0 aliphatic carbocycles. The first-order valence-electron chi connectivity index (χ1n) is 10.2. The second-order valence-corrected chi connectivity index (χ2v) is 7.44. The molecule has 1 saturated heterocycles. The molecule has 8 nitrogen and oxygen atoms in total. The molecule has 0 saturated carbocycles. The van der Waals surface area contributed by atoms with Gasteiger partial charge in [-0.2, -0.15) is 5.10 Å². The minimum Gasteiger partial charge on any atom is -0.357 e. The zero-order valence-electron chi connectivity index (χ0n) is 17.9. The lowest BCUT2D eigenvalue weighted by molar-refractivity contribution is -0.120. The van der Waals surface area contributed by atoms with E-state index < -0.39 is 0 Å². The molecule has 1 aromatic carbocycles. The van der Waals surface area contributed by atoms with E-state index in [0.29, 0.717) is 19.6 Å². The number of anilines is 1. The molecule has 1 aliphatic rings. The summed E-state index contributed by atoms with van der Waals surface area (Å²) in [5.74, 6) is 0.569. The van der Waals surface area contributed by atoms with Gasteiger partial charge in [0, 0.05) is 46.0 Å². The number of nitrogens with zero attached hydrogens (tertiary/aromatic N) is 6. The van der Waals surface area contributed by atoms with Crippen LogP contribution in [0.2, 0.25) is 0 Å². The molecule has 0 spiro atoms. The van der Waals surface area contributed by atoms with Crippen LogP contribution in [-0.4, -0.2) is 77.8 Å². The van der Waals surface area contributed by atoms with E-state index in [1.165, 1.54) is 12.1 Å². The molecule has 0 radical (unpaired) electrons. The van der Waals surface area contributed by atoms with Crippen LogP contribution in [0.4, 0.5) is 10.1 Å². The average Bonchev–Trinajstić information content (AvgIpc) is 3.15. The van der Waals surface area contributed by atoms with Gasteiger partial charge in [0.25, 0.3) is 0 Å². The first-order chi connectivity index (χ1) is 14.5. The van der Waals surface area contributed by atoms with E-state index in [4.69, 9.17) is 4.99 Å². The highest BCUT2D eigenvalue weighted by Crippen LogP contribution is 2.16. The number of aliphatic imine (C=N–C) groups is 1. The van der Waals surface area contributed by atoms with E-state index in [9.17, 15) is 9.18 Å². The number of benzene rings is 1. The highest BCUT2D eigenvalue weighted by molar-refractivity contribution is 5.98. The number of rotatable bonds is 7. The minimum absolute atomic E-state index is 0.0354. The third-order valence-corrected chi connectivity index (χ3v) is 4.97. The minimum atomic E-state index is -0.223. The van der Waals surface area contributed by atoms with Gasteiger partial charge in [-0.05, 0) is 31.7 Å². The predicted molar refractivity (Wildman–Crippen MR) is 116 cm³/mol. The third-order valence-electron chi connectivity index (χ3n) is 4.97. The fourth-order valence-corrected chi connectivity index (χ4v) is 3.41. The summed E-state index contributed by atoms with van der Waals surface area (Å²) in [6.07, 6.45) is 3.56. The van der Waals surface area contributed by atoms with E-state index in [1.54, 1.807) is 27.9 Å². The lowest BCUT2D eigenvalue weighted by atomic mass is 10.2. The summed E-state index contributed by atoms with van der Waals surface area (Å²) in [7, 11) is 3.86. The van der Waals surface area contributed by atoms with Crippen molar-refractivity contribution in [3.63, 3.8) is 0 Å². The molecule has 1 aromatic heterocycles. The van der Waals surface area contributed by atoms with E-state index >= 15 is 0 Å². The van der Waals surface area contributed by atoms with Crippen molar-refractivity contribution >= 4 is 17.6 Å². The lowest BCUT2D eigenvalue weighted by Crippen LogP contribution is -2.55. The second kappa shape index (κ2) is 10.2. The summed E-state index contributed by atoms with van der Waals surface area (Å²) in [6.45, 7) is 6.44. The van der Waals surface area contributed by atoms with Gasteiger partial charge in [0.15, 0.2) is 5.96 Å². The number of likely N-dealkylation sites (N-methyl/N-ethyl adjacent to an activating group) is 1. The van der Waals surface area contributed by atoms with Crippen LogP contribution < -0.4 is 10.2 Å². The molecular weight excluding hydrogens is 385 g/mol. The van der Waals surface area contributed by atoms with E-state index in [1.807, 2.05) is 32.1 Å². The van der Waals surface area contributed by atoms with Gasteiger partial charge in [0.2, 0.25) is 5.91 Å². The highest BCUT2D eigenvalue weighted by atomic mass is 19.1. The summed E-state index contributed by atoms with van der Waals surface area (Å²) in [5, 5.41) is 7.44. The van der Waals surface area contributed by atoms with Crippen molar-refractivity contribution in [2.45, 2.75) is 13.5 Å². The number of aryl methyl sites for hydroxylation is 1. The van der Waals surface area contributed by atoms with Crippen molar-refractivity contribution in [3.8, 4) is 0 Å². The monoisotopic (exact) mass is 415 g/mol. The largest absolute Gasteiger partial charge is 0.357 e. The highest BCUT2D eigenvalue weighted by Gasteiger charge is 2.27. The zero-order chi connectivity index (χ0) is 21.5. The molecule has 162 valence electrons. The number of carbonyl (C=O) groups excluding carboxylic acids is 1. The summed E-state index contributed by atoms with van der Waals surface area (Å²) < 4.78 is 14.7. The Balaban J connectivity index is 1.54. The topological polar surface area (TPSA) is 69.0 Å². The van der Waals surface area contributed by atoms with Crippen LogP contribution >= 0.6 is 0 Å². The number of carbonyl (C=O) groups is 1. The van der Waals surface area contributed by atoms with Gasteiger partial charge in [-0.15, -0.1) is 0 Å². The molecule has 1 amide bonds. The number of nitrogens with one attached hydrogen (secondary N) is 1. The molecule has 0 unspecified atom stereocenters. The van der Waals surface area contributed by atoms with Gasteiger partial charge in [-0.3, -0.25) is 14.5 Å². The smallest absolute Gasteiger partial charge is 0.246 e. The maximum absolute atomic E-state index is 13.0.